The lowest BCUT2D eigenvalue weighted by Gasteiger charge is -2.08. The molecule has 0 unspecified atom stereocenters. The van der Waals surface area contributed by atoms with Gasteiger partial charge < -0.3 is 19.1 Å². The fraction of sp³-hybridized carbons (Fsp3) is 0.195. The maximum atomic E-state index is 13.1. The van der Waals surface area contributed by atoms with Gasteiger partial charge in [-0.3, -0.25) is 19.1 Å². The lowest BCUT2D eigenvalue weighted by molar-refractivity contribution is -0.225. The average molecular weight is 769 g/mol. The molecular weight excluding hydrogens is 737 g/mol. The standard InChI is InChI=1S/C41H32N6O6S2/c1-5-27-17-31-38(54-27)35(29-13-9-7-11-25(29)3)42-19-33-37(44-21-46(31)33)41(48)51-24-50-23-49-15-16-52-53-40-34-20-43-36(30-14-10-8-12-26(30)4)39-32(47(34)22-45-40)18-28(6-2)55-39/h1-2,7-14,17-18,21-22H,15-16,19-20,23-24H2,3-4H3. The summed E-state index contributed by atoms with van der Waals surface area (Å²) < 4.78 is 20.0. The summed E-state index contributed by atoms with van der Waals surface area (Å²) in [6.07, 6.45) is 14.8. The van der Waals surface area contributed by atoms with Gasteiger partial charge in [0, 0.05) is 11.1 Å². The van der Waals surface area contributed by atoms with Crippen LogP contribution in [0.2, 0.25) is 0 Å². The Bertz CT molecular complexity index is 2580. The summed E-state index contributed by atoms with van der Waals surface area (Å²) in [7, 11) is 0. The number of rotatable bonds is 12. The van der Waals surface area contributed by atoms with Crippen LogP contribution in [0.25, 0.3) is 11.4 Å². The number of terminal acetylenes is 2. The van der Waals surface area contributed by atoms with Gasteiger partial charge in [0.25, 0.3) is 5.88 Å². The summed E-state index contributed by atoms with van der Waals surface area (Å²) >= 11 is 2.99. The molecule has 0 aliphatic carbocycles. The van der Waals surface area contributed by atoms with Gasteiger partial charge in [-0.1, -0.05) is 60.4 Å². The van der Waals surface area contributed by atoms with E-state index in [1.165, 1.54) is 22.7 Å². The third-order valence-electron chi connectivity index (χ3n) is 9.01. The third-order valence-corrected chi connectivity index (χ3v) is 11.1. The van der Waals surface area contributed by atoms with Crippen LogP contribution in [0, 0.1) is 38.5 Å². The molecule has 0 N–H and O–H groups in total. The number of imidazole rings is 2. The molecule has 12 nitrogen and oxygen atoms in total. The minimum Gasteiger partial charge on any atom is -0.434 e. The summed E-state index contributed by atoms with van der Waals surface area (Å²) in [4.78, 5) is 46.2. The first-order valence-electron chi connectivity index (χ1n) is 17.1. The molecule has 0 saturated carbocycles. The van der Waals surface area contributed by atoms with Gasteiger partial charge >= 0.3 is 5.97 Å². The molecule has 0 atom stereocenters. The van der Waals surface area contributed by atoms with Gasteiger partial charge in [0.2, 0.25) is 0 Å². The summed E-state index contributed by atoms with van der Waals surface area (Å²) in [5, 5.41) is 0. The molecule has 0 radical (unpaired) electrons. The van der Waals surface area contributed by atoms with E-state index in [0.29, 0.717) is 18.1 Å². The van der Waals surface area contributed by atoms with Crippen molar-refractivity contribution in [1.29, 1.82) is 0 Å². The second-order valence-electron chi connectivity index (χ2n) is 12.4. The summed E-state index contributed by atoms with van der Waals surface area (Å²) in [6.45, 7) is 4.36. The molecule has 2 aliphatic rings. The number of esters is 1. The first-order chi connectivity index (χ1) is 26.9. The summed E-state index contributed by atoms with van der Waals surface area (Å²) in [5.74, 6) is 5.11. The molecule has 2 aromatic carbocycles. The van der Waals surface area contributed by atoms with E-state index in [0.717, 1.165) is 70.3 Å². The fourth-order valence-corrected chi connectivity index (χ4v) is 8.30. The van der Waals surface area contributed by atoms with Gasteiger partial charge in [0.05, 0.1) is 67.7 Å². The van der Waals surface area contributed by atoms with E-state index in [-0.39, 0.29) is 39.0 Å². The number of nitrogens with zero attached hydrogens (tertiary/aromatic N) is 6. The van der Waals surface area contributed by atoms with Crippen molar-refractivity contribution in [3.63, 3.8) is 0 Å². The highest BCUT2D eigenvalue weighted by Crippen LogP contribution is 2.36. The molecule has 0 saturated heterocycles. The van der Waals surface area contributed by atoms with Gasteiger partial charge in [-0.15, -0.1) is 35.5 Å². The molecular formula is C41H32N6O6S2. The Morgan fingerprint density at radius 3 is 1.96 bits per heavy atom. The van der Waals surface area contributed by atoms with Crippen molar-refractivity contribution in [2.75, 3.05) is 26.8 Å². The molecule has 0 fully saturated rings. The quantitative estimate of drug-likeness (QED) is 0.0342. The van der Waals surface area contributed by atoms with Gasteiger partial charge in [-0.2, -0.15) is 9.87 Å². The van der Waals surface area contributed by atoms with Crippen LogP contribution in [0.4, 0.5) is 0 Å². The van der Waals surface area contributed by atoms with E-state index in [1.807, 2.05) is 64.6 Å². The number of hydrogen-bond donors (Lipinski definition) is 0. The van der Waals surface area contributed by atoms with Crippen LogP contribution in [-0.4, -0.2) is 63.3 Å². The molecule has 6 heterocycles. The molecule has 0 bridgehead atoms. The van der Waals surface area contributed by atoms with Crippen LogP contribution in [-0.2, 0) is 32.2 Å². The molecule has 55 heavy (non-hydrogen) atoms. The number of thiophene rings is 2. The number of ether oxygens (including phenoxy) is 3. The van der Waals surface area contributed by atoms with Crippen LogP contribution in [0.15, 0.2) is 83.3 Å². The van der Waals surface area contributed by atoms with Crippen molar-refractivity contribution in [1.82, 2.24) is 19.1 Å². The van der Waals surface area contributed by atoms with Crippen molar-refractivity contribution in [3.8, 4) is 41.9 Å². The SMILES string of the molecule is C#Cc1cc2c(s1)C(c1ccccc1C)=NCc1c(OOCCOCOCOC(=O)c3ncn4c3CN=C(c3ccccc3C)c3sc(C#C)cc3-4)ncn1-2. The van der Waals surface area contributed by atoms with Crippen LogP contribution in [0.1, 0.15) is 63.6 Å². The second-order valence-corrected chi connectivity index (χ2v) is 14.5. The Morgan fingerprint density at radius 2 is 1.35 bits per heavy atom. The highest BCUT2D eigenvalue weighted by atomic mass is 32.1. The lowest BCUT2D eigenvalue weighted by atomic mass is 10.0. The molecule has 0 amide bonds. The van der Waals surface area contributed by atoms with Crippen molar-refractivity contribution in [3.05, 3.63) is 132 Å². The highest BCUT2D eigenvalue weighted by Gasteiger charge is 2.28. The zero-order chi connectivity index (χ0) is 37.9. The minimum atomic E-state index is -0.645. The minimum absolute atomic E-state index is 0.0793. The van der Waals surface area contributed by atoms with Crippen LogP contribution >= 0.6 is 22.7 Å². The zero-order valence-corrected chi connectivity index (χ0v) is 31.4. The normalized spacial score (nSPS) is 12.8. The van der Waals surface area contributed by atoms with Gasteiger partial charge in [-0.25, -0.2) is 9.78 Å². The molecule has 6 aromatic rings. The van der Waals surface area contributed by atoms with Crippen molar-refractivity contribution >= 4 is 40.1 Å². The fourth-order valence-electron chi connectivity index (χ4n) is 6.33. The molecule has 14 heteroatoms. The van der Waals surface area contributed by atoms with E-state index >= 15 is 0 Å². The number of aryl methyl sites for hydroxylation is 2. The Kier molecular flexibility index (Phi) is 10.2. The first kappa shape index (κ1) is 35.9. The first-order valence-corrected chi connectivity index (χ1v) is 18.8. The van der Waals surface area contributed by atoms with E-state index in [9.17, 15) is 4.79 Å². The van der Waals surface area contributed by atoms with Crippen LogP contribution in [0.5, 0.6) is 5.88 Å². The number of carbonyl (C=O) groups excluding carboxylic acids is 1. The van der Waals surface area contributed by atoms with E-state index in [2.05, 4.69) is 40.9 Å². The number of aromatic nitrogens is 4. The number of carbonyl (C=O) groups is 1. The van der Waals surface area contributed by atoms with Crippen LogP contribution in [0.3, 0.4) is 0 Å². The largest absolute Gasteiger partial charge is 0.434 e. The van der Waals surface area contributed by atoms with E-state index in [4.69, 9.17) is 46.8 Å². The molecule has 4 aromatic heterocycles. The maximum absolute atomic E-state index is 13.1. The van der Waals surface area contributed by atoms with Crippen molar-refractivity contribution in [2.24, 2.45) is 9.98 Å². The Labute approximate surface area is 324 Å². The van der Waals surface area contributed by atoms with E-state index < -0.39 is 5.97 Å². The highest BCUT2D eigenvalue weighted by molar-refractivity contribution is 7.15. The number of hydrogen-bond acceptors (Lipinski definition) is 12. The Morgan fingerprint density at radius 1 is 0.764 bits per heavy atom. The number of fused-ring (bicyclic) bond motifs is 6. The maximum Gasteiger partial charge on any atom is 0.361 e. The number of benzene rings is 2. The van der Waals surface area contributed by atoms with Gasteiger partial charge in [0.15, 0.2) is 19.3 Å². The summed E-state index contributed by atoms with van der Waals surface area (Å²) in [6, 6.07) is 20.0. The topological polar surface area (TPSA) is 124 Å². The average Bonchev–Trinajstić information content (AvgIpc) is 3.98. The smallest absolute Gasteiger partial charge is 0.361 e. The number of aliphatic imine (C=N–C) groups is 2. The van der Waals surface area contributed by atoms with E-state index in [1.54, 1.807) is 12.7 Å². The third kappa shape index (κ3) is 7.01. The molecule has 274 valence electrons. The molecule has 0 spiro atoms. The monoisotopic (exact) mass is 768 g/mol. The second kappa shape index (κ2) is 15.7. The Hall–Kier alpha value is -6.13. The van der Waals surface area contributed by atoms with Crippen molar-refractivity contribution < 1.29 is 28.8 Å². The lowest BCUT2D eigenvalue weighted by Crippen LogP contribution is -2.14. The predicted molar refractivity (Wildman–Crippen MR) is 209 cm³/mol. The van der Waals surface area contributed by atoms with Crippen molar-refractivity contribution in [2.45, 2.75) is 26.9 Å². The van der Waals surface area contributed by atoms with Crippen LogP contribution < -0.4 is 4.89 Å². The Balaban J connectivity index is 0.830. The predicted octanol–water partition coefficient (Wildman–Crippen LogP) is 6.58. The van der Waals surface area contributed by atoms with Gasteiger partial charge in [0.1, 0.15) is 25.0 Å². The summed E-state index contributed by atoms with van der Waals surface area (Å²) in [5.41, 5.74) is 9.06. The molecule has 8 rings (SSSR count). The molecule has 2 aliphatic heterocycles. The van der Waals surface area contributed by atoms with Gasteiger partial charge in [-0.05, 0) is 37.1 Å². The zero-order valence-electron chi connectivity index (χ0n) is 29.8.